The Hall–Kier alpha value is -2.13. The Morgan fingerprint density at radius 2 is 1.71 bits per heavy atom. The molecule has 1 fully saturated rings. The van der Waals surface area contributed by atoms with Crippen LogP contribution >= 0.6 is 0 Å². The minimum absolute atomic E-state index is 0.225. The Labute approximate surface area is 166 Å². The first kappa shape index (κ1) is 22.2. The summed E-state index contributed by atoms with van der Waals surface area (Å²) in [6.45, 7) is 8.13. The number of hydrogen-bond acceptors (Lipinski definition) is 5. The maximum absolute atomic E-state index is 12.5. The van der Waals surface area contributed by atoms with E-state index in [1.54, 1.807) is 52.0 Å². The normalized spacial score (nSPS) is 16.4. The van der Waals surface area contributed by atoms with Gasteiger partial charge in [0.1, 0.15) is 11.6 Å². The number of carbonyl (C=O) groups excluding carboxylic acids is 2. The molecule has 2 amide bonds. The average Bonchev–Trinajstić information content (AvgIpc) is 3.13. The van der Waals surface area contributed by atoms with Crippen molar-refractivity contribution >= 4 is 22.0 Å². The van der Waals surface area contributed by atoms with Gasteiger partial charge in [0, 0.05) is 19.6 Å². The smallest absolute Gasteiger partial charge is 0.408 e. The second-order valence-corrected chi connectivity index (χ2v) is 9.78. The van der Waals surface area contributed by atoms with E-state index in [-0.39, 0.29) is 17.3 Å². The van der Waals surface area contributed by atoms with Crippen molar-refractivity contribution in [2.45, 2.75) is 63.6 Å². The molecule has 1 aliphatic heterocycles. The first-order valence-electron chi connectivity index (χ1n) is 9.35. The Kier molecular flexibility index (Phi) is 7.06. The summed E-state index contributed by atoms with van der Waals surface area (Å²) in [5.41, 5.74) is 0.121. The quantitative estimate of drug-likeness (QED) is 0.745. The number of nitrogens with zero attached hydrogens (tertiary/aromatic N) is 1. The predicted molar refractivity (Wildman–Crippen MR) is 105 cm³/mol. The third kappa shape index (κ3) is 6.20. The minimum atomic E-state index is -3.44. The van der Waals surface area contributed by atoms with Crippen molar-refractivity contribution in [2.75, 3.05) is 13.1 Å². The molecule has 0 radical (unpaired) electrons. The van der Waals surface area contributed by atoms with Crippen molar-refractivity contribution in [1.29, 1.82) is 0 Å². The Balaban J connectivity index is 1.87. The number of benzene rings is 1. The van der Waals surface area contributed by atoms with Crippen molar-refractivity contribution in [2.24, 2.45) is 0 Å². The van der Waals surface area contributed by atoms with E-state index in [1.807, 2.05) is 0 Å². The summed E-state index contributed by atoms with van der Waals surface area (Å²) in [6.07, 6.45) is 1.11. The molecule has 1 heterocycles. The molecule has 1 aromatic rings. The Morgan fingerprint density at radius 3 is 2.25 bits per heavy atom. The molecule has 156 valence electrons. The highest BCUT2D eigenvalue weighted by Crippen LogP contribution is 2.21. The van der Waals surface area contributed by atoms with Gasteiger partial charge in [-0.1, -0.05) is 12.1 Å². The van der Waals surface area contributed by atoms with E-state index in [1.165, 1.54) is 4.31 Å². The van der Waals surface area contributed by atoms with Gasteiger partial charge in [0.15, 0.2) is 0 Å². The first-order chi connectivity index (χ1) is 13.0. The lowest BCUT2D eigenvalue weighted by atomic mass is 10.2. The summed E-state index contributed by atoms with van der Waals surface area (Å²) >= 11 is 0. The van der Waals surface area contributed by atoms with Crippen LogP contribution in [0.15, 0.2) is 29.2 Å². The van der Waals surface area contributed by atoms with Gasteiger partial charge >= 0.3 is 6.09 Å². The van der Waals surface area contributed by atoms with Crippen LogP contribution in [0.1, 0.15) is 46.1 Å². The van der Waals surface area contributed by atoms with Gasteiger partial charge in [-0.3, -0.25) is 4.79 Å². The first-order valence-corrected chi connectivity index (χ1v) is 10.8. The molecule has 1 aliphatic rings. The lowest BCUT2D eigenvalue weighted by Gasteiger charge is -2.21. The number of ether oxygens (including phenoxy) is 1. The molecule has 0 unspecified atom stereocenters. The van der Waals surface area contributed by atoms with Gasteiger partial charge in [0.25, 0.3) is 0 Å². The summed E-state index contributed by atoms with van der Waals surface area (Å²) in [6, 6.07) is 5.70. The maximum Gasteiger partial charge on any atom is 0.408 e. The molecule has 0 spiro atoms. The SMILES string of the molecule is C[C@@H](NC(=O)OC(C)(C)C)C(=O)NCc1ccc(S(=O)(=O)N2CCCC2)cc1. The van der Waals surface area contributed by atoms with E-state index < -0.39 is 27.8 Å². The van der Waals surface area contributed by atoms with Gasteiger partial charge in [0.05, 0.1) is 4.90 Å². The summed E-state index contributed by atoms with van der Waals surface area (Å²) in [4.78, 5) is 24.1. The molecule has 1 aromatic carbocycles. The van der Waals surface area contributed by atoms with Gasteiger partial charge in [-0.2, -0.15) is 4.31 Å². The Morgan fingerprint density at radius 1 is 1.14 bits per heavy atom. The van der Waals surface area contributed by atoms with Crippen LogP contribution in [0, 0.1) is 0 Å². The second-order valence-electron chi connectivity index (χ2n) is 7.84. The molecular formula is C19H29N3O5S. The van der Waals surface area contributed by atoms with E-state index in [0.29, 0.717) is 13.1 Å². The van der Waals surface area contributed by atoms with Gasteiger partial charge in [-0.05, 0) is 58.2 Å². The van der Waals surface area contributed by atoms with E-state index >= 15 is 0 Å². The van der Waals surface area contributed by atoms with E-state index in [4.69, 9.17) is 4.74 Å². The summed E-state index contributed by atoms with van der Waals surface area (Å²) in [5, 5.41) is 5.19. The highest BCUT2D eigenvalue weighted by Gasteiger charge is 2.27. The summed E-state index contributed by atoms with van der Waals surface area (Å²) in [5.74, 6) is -0.361. The predicted octanol–water partition coefficient (Wildman–Crippen LogP) is 2.00. The van der Waals surface area contributed by atoms with Crippen LogP contribution in [-0.4, -0.2) is 49.5 Å². The molecule has 0 bridgehead atoms. The molecule has 1 saturated heterocycles. The van der Waals surface area contributed by atoms with Gasteiger partial charge in [-0.25, -0.2) is 13.2 Å². The number of carbonyl (C=O) groups is 2. The van der Waals surface area contributed by atoms with Crippen molar-refractivity contribution in [1.82, 2.24) is 14.9 Å². The van der Waals surface area contributed by atoms with Gasteiger partial charge in [0.2, 0.25) is 15.9 Å². The summed E-state index contributed by atoms with van der Waals surface area (Å²) in [7, 11) is -3.44. The van der Waals surface area contributed by atoms with E-state index in [2.05, 4.69) is 10.6 Å². The highest BCUT2D eigenvalue weighted by molar-refractivity contribution is 7.89. The zero-order valence-corrected chi connectivity index (χ0v) is 17.6. The molecule has 0 aromatic heterocycles. The van der Waals surface area contributed by atoms with Crippen LogP contribution < -0.4 is 10.6 Å². The third-order valence-electron chi connectivity index (χ3n) is 4.22. The van der Waals surface area contributed by atoms with Crippen LogP contribution in [-0.2, 0) is 26.1 Å². The second kappa shape index (κ2) is 8.91. The Bertz CT molecular complexity index is 794. The highest BCUT2D eigenvalue weighted by atomic mass is 32.2. The minimum Gasteiger partial charge on any atom is -0.444 e. The van der Waals surface area contributed by atoms with Crippen LogP contribution in [0.4, 0.5) is 4.79 Å². The summed E-state index contributed by atoms with van der Waals surface area (Å²) < 4.78 is 31.6. The molecule has 2 rings (SSSR count). The molecule has 9 heteroatoms. The molecule has 0 saturated carbocycles. The number of amides is 2. The number of alkyl carbamates (subject to hydrolysis) is 1. The van der Waals surface area contributed by atoms with Crippen molar-refractivity contribution in [3.05, 3.63) is 29.8 Å². The molecule has 2 N–H and O–H groups in total. The van der Waals surface area contributed by atoms with E-state index in [9.17, 15) is 18.0 Å². The lowest BCUT2D eigenvalue weighted by Crippen LogP contribution is -2.46. The molecule has 28 heavy (non-hydrogen) atoms. The topological polar surface area (TPSA) is 105 Å². The molecular weight excluding hydrogens is 382 g/mol. The van der Waals surface area contributed by atoms with Crippen LogP contribution in [0.2, 0.25) is 0 Å². The zero-order chi connectivity index (χ0) is 20.9. The monoisotopic (exact) mass is 411 g/mol. The third-order valence-corrected chi connectivity index (χ3v) is 6.13. The molecule has 1 atom stereocenters. The van der Waals surface area contributed by atoms with Crippen LogP contribution in [0.3, 0.4) is 0 Å². The lowest BCUT2D eigenvalue weighted by molar-refractivity contribution is -0.122. The zero-order valence-electron chi connectivity index (χ0n) is 16.8. The van der Waals surface area contributed by atoms with Crippen LogP contribution in [0.25, 0.3) is 0 Å². The standard InChI is InChI=1S/C19H29N3O5S/c1-14(21-18(24)27-19(2,3)4)17(23)20-13-15-7-9-16(10-8-15)28(25,26)22-11-5-6-12-22/h7-10,14H,5-6,11-13H2,1-4H3,(H,20,23)(H,21,24)/t14-/m1/s1. The maximum atomic E-state index is 12.5. The number of hydrogen-bond donors (Lipinski definition) is 2. The van der Waals surface area contributed by atoms with Crippen molar-refractivity contribution < 1.29 is 22.7 Å². The number of rotatable bonds is 6. The fourth-order valence-corrected chi connectivity index (χ4v) is 4.27. The largest absolute Gasteiger partial charge is 0.444 e. The molecule has 0 aliphatic carbocycles. The number of sulfonamides is 1. The van der Waals surface area contributed by atoms with Gasteiger partial charge in [-0.15, -0.1) is 0 Å². The van der Waals surface area contributed by atoms with Crippen LogP contribution in [0.5, 0.6) is 0 Å². The fraction of sp³-hybridized carbons (Fsp3) is 0.579. The average molecular weight is 412 g/mol. The van der Waals surface area contributed by atoms with E-state index in [0.717, 1.165) is 18.4 Å². The van der Waals surface area contributed by atoms with Crippen molar-refractivity contribution in [3.63, 3.8) is 0 Å². The molecule has 8 nitrogen and oxygen atoms in total. The van der Waals surface area contributed by atoms with Crippen molar-refractivity contribution in [3.8, 4) is 0 Å². The fourth-order valence-electron chi connectivity index (χ4n) is 2.75. The van der Waals surface area contributed by atoms with Gasteiger partial charge < -0.3 is 15.4 Å². The number of nitrogens with one attached hydrogen (secondary N) is 2.